The van der Waals surface area contributed by atoms with Gasteiger partial charge in [-0.05, 0) is 12.1 Å². The molecule has 66 valence electrons. The lowest BCUT2D eigenvalue weighted by atomic mass is 10.1. The zero-order valence-corrected chi connectivity index (χ0v) is 6.73. The molecule has 0 saturated carbocycles. The molecule has 0 radical (unpaired) electrons. The van der Waals surface area contributed by atoms with Gasteiger partial charge in [-0.2, -0.15) is 0 Å². The summed E-state index contributed by atoms with van der Waals surface area (Å²) in [6.45, 7) is 0. The van der Waals surface area contributed by atoms with E-state index < -0.39 is 0 Å². The number of hydrogen-bond donors (Lipinski definition) is 3. The summed E-state index contributed by atoms with van der Waals surface area (Å²) in [6, 6.07) is 3.24. The number of nitrogens with zero attached hydrogens (tertiary/aromatic N) is 2. The molecule has 0 unspecified atom stereocenters. The molecule has 0 aromatic heterocycles. The quantitative estimate of drug-likeness (QED) is 0.398. The van der Waals surface area contributed by atoms with Gasteiger partial charge in [0.05, 0.1) is 23.4 Å². The van der Waals surface area contributed by atoms with Crippen molar-refractivity contribution >= 4 is 5.69 Å². The molecule has 2 rings (SSSR count). The Morgan fingerprint density at radius 3 is 2.92 bits per heavy atom. The van der Waals surface area contributed by atoms with Gasteiger partial charge < -0.3 is 10.9 Å². The number of anilines is 1. The molecule has 0 atom stereocenters. The molecule has 2 aliphatic rings. The highest BCUT2D eigenvalue weighted by molar-refractivity contribution is 5.67. The molecule has 5 nitrogen and oxygen atoms in total. The molecule has 0 fully saturated rings. The van der Waals surface area contributed by atoms with E-state index in [0.29, 0.717) is 10.5 Å². The molecule has 1 aliphatic carbocycles. The molecule has 0 bridgehead atoms. The maximum atomic E-state index is 9.01. The van der Waals surface area contributed by atoms with Crippen LogP contribution >= 0.6 is 0 Å². The fourth-order valence-electron chi connectivity index (χ4n) is 1.15. The Kier molecular flexibility index (Phi) is 1.45. The van der Waals surface area contributed by atoms with Crippen LogP contribution in [-0.2, 0) is 0 Å². The first-order chi connectivity index (χ1) is 6.16. The highest BCUT2D eigenvalue weighted by Crippen LogP contribution is 2.18. The number of hydrogen-bond acceptors (Lipinski definition) is 4. The molecule has 0 spiro atoms. The average Bonchev–Trinajstić information content (AvgIpc) is 2.08. The zero-order valence-electron chi connectivity index (χ0n) is 6.73. The van der Waals surface area contributed by atoms with Crippen molar-refractivity contribution in [2.45, 2.75) is 0 Å². The fraction of sp³-hybridized carbons (Fsp3) is 0. The van der Waals surface area contributed by atoms with Crippen LogP contribution in [0.1, 0.15) is 0 Å². The van der Waals surface area contributed by atoms with Crippen molar-refractivity contribution < 1.29 is 5.21 Å². The van der Waals surface area contributed by atoms with Crippen molar-refractivity contribution in [2.24, 2.45) is 0 Å². The Bertz CT molecular complexity index is 476. The van der Waals surface area contributed by atoms with Gasteiger partial charge in [-0.1, -0.05) is 0 Å². The topological polar surface area (TPSA) is 87.9 Å². The number of nitrogens with two attached hydrogens (primary N) is 1. The molecule has 1 aliphatic heterocycles. The van der Waals surface area contributed by atoms with Crippen LogP contribution in [0.4, 0.5) is 5.69 Å². The van der Waals surface area contributed by atoms with Crippen LogP contribution in [-0.4, -0.2) is 15.2 Å². The van der Waals surface area contributed by atoms with Gasteiger partial charge in [0.25, 0.3) is 0 Å². The largest absolute Gasteiger partial charge is 0.412 e. The van der Waals surface area contributed by atoms with E-state index in [4.69, 9.17) is 16.4 Å². The Morgan fingerprint density at radius 1 is 1.38 bits per heavy atom. The van der Waals surface area contributed by atoms with Gasteiger partial charge in [-0.25, -0.2) is 0 Å². The number of rotatable bonds is 0. The van der Waals surface area contributed by atoms with Crippen molar-refractivity contribution in [3.63, 3.8) is 0 Å². The summed E-state index contributed by atoms with van der Waals surface area (Å²) >= 11 is 0. The van der Waals surface area contributed by atoms with Gasteiger partial charge in [0.1, 0.15) is 0 Å². The number of nitrogen functional groups attached to an aromatic ring is 1. The summed E-state index contributed by atoms with van der Waals surface area (Å²) in [7, 11) is 0. The third kappa shape index (κ3) is 1.20. The smallest absolute Gasteiger partial charge is 0.0776 e. The zero-order chi connectivity index (χ0) is 9.42. The second kappa shape index (κ2) is 2.48. The van der Waals surface area contributed by atoms with Crippen molar-refractivity contribution in [3.05, 3.63) is 29.9 Å². The van der Waals surface area contributed by atoms with Gasteiger partial charge in [0, 0.05) is 11.1 Å². The summed E-state index contributed by atoms with van der Waals surface area (Å²) in [5.41, 5.74) is 7.46. The third-order valence-electron chi connectivity index (χ3n) is 1.82. The molecular formula is C8H8N4O. The summed E-state index contributed by atoms with van der Waals surface area (Å²) < 4.78 is 0. The fourth-order valence-corrected chi connectivity index (χ4v) is 1.15. The number of benzene rings is 1. The van der Waals surface area contributed by atoms with Crippen LogP contribution in [0, 0.1) is 5.41 Å². The number of aromatic nitrogens is 2. The molecule has 0 amide bonds. The maximum absolute atomic E-state index is 9.01. The molecule has 0 aromatic rings. The number of fused-ring (bicyclic) bond motifs is 1. The second-order valence-electron chi connectivity index (χ2n) is 2.76. The Hall–Kier alpha value is -2.04. The van der Waals surface area contributed by atoms with Crippen molar-refractivity contribution in [1.29, 1.82) is 5.41 Å². The van der Waals surface area contributed by atoms with Crippen LogP contribution in [0.2, 0.25) is 0 Å². The lowest BCUT2D eigenvalue weighted by Crippen LogP contribution is -2.09. The minimum Gasteiger partial charge on any atom is -0.412 e. The second-order valence-corrected chi connectivity index (χ2v) is 2.76. The monoisotopic (exact) mass is 176 g/mol. The van der Waals surface area contributed by atoms with Crippen LogP contribution in [0.5, 0.6) is 0 Å². The molecule has 4 N–H and O–H groups in total. The lowest BCUT2D eigenvalue weighted by molar-refractivity contribution is 0.144. The first-order valence-corrected chi connectivity index (χ1v) is 3.69. The third-order valence-corrected chi connectivity index (χ3v) is 1.82. The van der Waals surface area contributed by atoms with Crippen LogP contribution in [0.25, 0.3) is 11.1 Å². The molecule has 1 heterocycles. The summed E-state index contributed by atoms with van der Waals surface area (Å²) in [5.74, 6) is 0. The van der Waals surface area contributed by atoms with E-state index in [1.165, 1.54) is 12.4 Å². The Morgan fingerprint density at radius 2 is 2.15 bits per heavy atom. The molecule has 5 heteroatoms. The molecule has 13 heavy (non-hydrogen) atoms. The van der Waals surface area contributed by atoms with E-state index in [2.05, 4.69) is 5.10 Å². The molecular weight excluding hydrogens is 168 g/mol. The van der Waals surface area contributed by atoms with E-state index in [1.807, 2.05) is 0 Å². The molecule has 0 aromatic carbocycles. The predicted molar refractivity (Wildman–Crippen MR) is 46.3 cm³/mol. The van der Waals surface area contributed by atoms with Gasteiger partial charge in [0.15, 0.2) is 0 Å². The maximum Gasteiger partial charge on any atom is 0.0776 e. The Labute approximate surface area is 73.9 Å². The van der Waals surface area contributed by atoms with Crippen molar-refractivity contribution in [2.75, 3.05) is 5.73 Å². The standard InChI is InChI=1S/C8H8N4O/c9-7-1-5-3-11-12(13)4-6(5)2-8(7)10/h1-4,9,13H,10H2. The van der Waals surface area contributed by atoms with E-state index in [1.54, 1.807) is 12.1 Å². The van der Waals surface area contributed by atoms with Crippen molar-refractivity contribution in [1.82, 2.24) is 9.94 Å². The predicted octanol–water partition coefficient (Wildman–Crippen LogP) is 0.287. The highest BCUT2D eigenvalue weighted by atomic mass is 16.5. The van der Waals surface area contributed by atoms with Gasteiger partial charge >= 0.3 is 0 Å². The van der Waals surface area contributed by atoms with Gasteiger partial charge in [-0.3, -0.25) is 5.41 Å². The van der Waals surface area contributed by atoms with Gasteiger partial charge in [-0.15, -0.1) is 9.94 Å². The Balaban J connectivity index is 2.83. The molecule has 0 saturated heterocycles. The van der Waals surface area contributed by atoms with E-state index in [9.17, 15) is 0 Å². The van der Waals surface area contributed by atoms with Crippen LogP contribution in [0.15, 0.2) is 24.5 Å². The van der Waals surface area contributed by atoms with E-state index >= 15 is 0 Å². The lowest BCUT2D eigenvalue weighted by Gasteiger charge is -2.06. The summed E-state index contributed by atoms with van der Waals surface area (Å²) in [5, 5.41) is 20.3. The number of nitrogens with one attached hydrogen (secondary N) is 1. The van der Waals surface area contributed by atoms with Crippen molar-refractivity contribution in [3.8, 4) is 11.1 Å². The van der Waals surface area contributed by atoms with Crippen LogP contribution in [0.3, 0.4) is 0 Å². The average molecular weight is 176 g/mol. The minimum atomic E-state index is 0.269. The SMILES string of the molecule is N=c1cc2cnn(O)cc-2cc1N. The normalized spacial score (nSPS) is 10.5. The van der Waals surface area contributed by atoms with Crippen LogP contribution < -0.4 is 11.1 Å². The van der Waals surface area contributed by atoms with E-state index in [-0.39, 0.29) is 5.36 Å². The summed E-state index contributed by atoms with van der Waals surface area (Å²) in [6.07, 6.45) is 2.91. The first kappa shape index (κ1) is 7.60. The van der Waals surface area contributed by atoms with Gasteiger partial charge in [0.2, 0.25) is 0 Å². The minimum absolute atomic E-state index is 0.269. The summed E-state index contributed by atoms with van der Waals surface area (Å²) in [4.78, 5) is 0.714. The highest BCUT2D eigenvalue weighted by Gasteiger charge is 2.04. The van der Waals surface area contributed by atoms with E-state index in [0.717, 1.165) is 11.1 Å². The first-order valence-electron chi connectivity index (χ1n) is 3.69.